The van der Waals surface area contributed by atoms with Gasteiger partial charge in [-0.05, 0) is 30.7 Å². The monoisotopic (exact) mass is 386 g/mol. The van der Waals surface area contributed by atoms with E-state index in [-0.39, 0.29) is 6.10 Å². The average Bonchev–Trinajstić information content (AvgIpc) is 2.99. The van der Waals surface area contributed by atoms with E-state index in [2.05, 4.69) is 0 Å². The van der Waals surface area contributed by atoms with Gasteiger partial charge in [0.05, 0.1) is 11.7 Å². The second-order valence-corrected chi connectivity index (χ2v) is 7.36. The number of carbonyl (C=O) groups is 2. The maximum Gasteiger partial charge on any atom is 0.338 e. The lowest BCUT2D eigenvalue weighted by molar-refractivity contribution is -0.153. The minimum Gasteiger partial charge on any atom is -0.456 e. The Morgan fingerprint density at radius 3 is 2.19 bits per heavy atom. The summed E-state index contributed by atoms with van der Waals surface area (Å²) in [6.45, 7) is 3.30. The van der Waals surface area contributed by atoms with Crippen molar-refractivity contribution in [2.45, 2.75) is 48.9 Å². The number of esters is 2. The normalized spacial score (nSPS) is 24.4. The second kappa shape index (κ2) is 9.06. The molecule has 4 atom stereocenters. The number of hydrogen-bond acceptors (Lipinski definition) is 6. The lowest BCUT2D eigenvalue weighted by Gasteiger charge is -2.23. The minimum absolute atomic E-state index is 0.330. The van der Waals surface area contributed by atoms with Crippen LogP contribution in [0, 0.1) is 0 Å². The highest BCUT2D eigenvalue weighted by Crippen LogP contribution is 2.38. The molecule has 1 heterocycles. The van der Waals surface area contributed by atoms with E-state index in [0.29, 0.717) is 12.0 Å². The summed E-state index contributed by atoms with van der Waals surface area (Å²) in [5, 5.41) is 0. The molecule has 2 aromatic carbocycles. The first kappa shape index (κ1) is 19.5. The molecule has 27 heavy (non-hydrogen) atoms. The standard InChI is InChI=1S/C21H22O5S/c1-3-17-18(24-14(2)22)19(26-20(23)15-10-6-4-7-11-15)21(25-17)27-16-12-8-5-9-13-16/h4-13,17-19,21H,3H2,1-2H3/t17-,18?,19-,21-/m0/s1. The molecule has 0 spiro atoms. The van der Waals surface area contributed by atoms with E-state index in [1.807, 2.05) is 43.3 Å². The summed E-state index contributed by atoms with van der Waals surface area (Å²) in [5.74, 6) is -0.884. The number of benzene rings is 2. The Hall–Kier alpha value is -2.31. The predicted octanol–water partition coefficient (Wildman–Crippen LogP) is 4.07. The highest BCUT2D eigenvalue weighted by Gasteiger charge is 2.49. The average molecular weight is 386 g/mol. The Labute approximate surface area is 163 Å². The summed E-state index contributed by atoms with van der Waals surface area (Å²) in [7, 11) is 0. The van der Waals surface area contributed by atoms with Crippen molar-refractivity contribution in [3.63, 3.8) is 0 Å². The maximum absolute atomic E-state index is 12.6. The molecule has 2 aromatic rings. The molecule has 1 aliphatic rings. The molecule has 0 amide bonds. The van der Waals surface area contributed by atoms with Gasteiger partial charge >= 0.3 is 11.9 Å². The smallest absolute Gasteiger partial charge is 0.338 e. The summed E-state index contributed by atoms with van der Waals surface area (Å²) < 4.78 is 17.3. The van der Waals surface area contributed by atoms with Crippen molar-refractivity contribution >= 4 is 23.7 Å². The molecule has 1 aliphatic heterocycles. The van der Waals surface area contributed by atoms with Gasteiger partial charge in [-0.1, -0.05) is 55.1 Å². The van der Waals surface area contributed by atoms with Gasteiger partial charge in [0, 0.05) is 11.8 Å². The number of hydrogen-bond donors (Lipinski definition) is 0. The summed E-state index contributed by atoms with van der Waals surface area (Å²) in [4.78, 5) is 25.2. The molecule has 0 bridgehead atoms. The number of rotatable bonds is 6. The predicted molar refractivity (Wildman–Crippen MR) is 102 cm³/mol. The topological polar surface area (TPSA) is 61.8 Å². The van der Waals surface area contributed by atoms with Crippen LogP contribution in [-0.2, 0) is 19.0 Å². The van der Waals surface area contributed by atoms with Crippen LogP contribution in [0.15, 0.2) is 65.6 Å². The van der Waals surface area contributed by atoms with Gasteiger partial charge in [-0.3, -0.25) is 4.79 Å². The van der Waals surface area contributed by atoms with Gasteiger partial charge in [-0.2, -0.15) is 0 Å². The summed E-state index contributed by atoms with van der Waals surface area (Å²) in [6, 6.07) is 18.5. The van der Waals surface area contributed by atoms with Gasteiger partial charge in [0.2, 0.25) is 0 Å². The van der Waals surface area contributed by atoms with Crippen molar-refractivity contribution in [3.8, 4) is 0 Å². The molecule has 142 valence electrons. The lowest BCUT2D eigenvalue weighted by Crippen LogP contribution is -2.39. The van der Waals surface area contributed by atoms with Crippen LogP contribution >= 0.6 is 11.8 Å². The summed E-state index contributed by atoms with van der Waals surface area (Å²) in [6.07, 6.45) is -1.02. The van der Waals surface area contributed by atoms with E-state index in [4.69, 9.17) is 14.2 Å². The highest BCUT2D eigenvalue weighted by molar-refractivity contribution is 7.99. The van der Waals surface area contributed by atoms with Crippen molar-refractivity contribution < 1.29 is 23.8 Å². The fourth-order valence-electron chi connectivity index (χ4n) is 2.97. The highest BCUT2D eigenvalue weighted by atomic mass is 32.2. The zero-order chi connectivity index (χ0) is 19.2. The molecule has 0 radical (unpaired) electrons. The quantitative estimate of drug-likeness (QED) is 0.698. The van der Waals surface area contributed by atoms with Crippen LogP contribution in [0.3, 0.4) is 0 Å². The van der Waals surface area contributed by atoms with E-state index >= 15 is 0 Å². The fraction of sp³-hybridized carbons (Fsp3) is 0.333. The van der Waals surface area contributed by atoms with E-state index in [9.17, 15) is 9.59 Å². The molecule has 1 saturated heterocycles. The molecule has 1 fully saturated rings. The summed E-state index contributed by atoms with van der Waals surface area (Å²) in [5.41, 5.74) is -0.0168. The first-order chi connectivity index (χ1) is 13.1. The molecular weight excluding hydrogens is 364 g/mol. The van der Waals surface area contributed by atoms with Gasteiger partial charge in [0.15, 0.2) is 12.2 Å². The first-order valence-corrected chi connectivity index (χ1v) is 9.77. The lowest BCUT2D eigenvalue weighted by atomic mass is 10.1. The Bertz CT molecular complexity index is 765. The third-order valence-electron chi connectivity index (χ3n) is 4.22. The molecule has 0 aromatic heterocycles. The number of ether oxygens (including phenoxy) is 3. The molecule has 3 rings (SSSR count). The Morgan fingerprint density at radius 1 is 0.963 bits per heavy atom. The Morgan fingerprint density at radius 2 is 1.59 bits per heavy atom. The van der Waals surface area contributed by atoms with Crippen LogP contribution < -0.4 is 0 Å². The molecule has 0 N–H and O–H groups in total. The SMILES string of the molecule is CC[C@@H]1O[C@@H](Sc2ccccc2)[C@@H](OC(=O)c2ccccc2)C1OC(C)=O. The third-order valence-corrected chi connectivity index (χ3v) is 5.38. The third kappa shape index (κ3) is 4.90. The van der Waals surface area contributed by atoms with Gasteiger partial charge in [0.25, 0.3) is 0 Å². The maximum atomic E-state index is 12.6. The molecule has 1 unspecified atom stereocenters. The van der Waals surface area contributed by atoms with Gasteiger partial charge in [-0.15, -0.1) is 0 Å². The number of thioether (sulfide) groups is 1. The fourth-order valence-corrected chi connectivity index (χ4v) is 4.10. The minimum atomic E-state index is -0.697. The molecule has 6 heteroatoms. The Kier molecular flexibility index (Phi) is 6.53. The van der Waals surface area contributed by atoms with Crippen LogP contribution in [0.25, 0.3) is 0 Å². The van der Waals surface area contributed by atoms with Crippen LogP contribution in [-0.4, -0.2) is 35.7 Å². The van der Waals surface area contributed by atoms with Gasteiger partial charge in [-0.25, -0.2) is 4.79 Å². The second-order valence-electron chi connectivity index (χ2n) is 6.19. The van der Waals surface area contributed by atoms with E-state index in [1.54, 1.807) is 24.3 Å². The van der Waals surface area contributed by atoms with Gasteiger partial charge in [0.1, 0.15) is 5.44 Å². The van der Waals surface area contributed by atoms with Crippen LogP contribution in [0.4, 0.5) is 0 Å². The van der Waals surface area contributed by atoms with Crippen molar-refractivity contribution in [3.05, 3.63) is 66.2 Å². The van der Waals surface area contributed by atoms with E-state index < -0.39 is 29.6 Å². The molecular formula is C21H22O5S. The molecule has 5 nitrogen and oxygen atoms in total. The number of carbonyl (C=O) groups excluding carboxylic acids is 2. The van der Waals surface area contributed by atoms with Crippen molar-refractivity contribution in [2.24, 2.45) is 0 Å². The van der Waals surface area contributed by atoms with Gasteiger partial charge < -0.3 is 14.2 Å². The van der Waals surface area contributed by atoms with Crippen molar-refractivity contribution in [2.75, 3.05) is 0 Å². The largest absolute Gasteiger partial charge is 0.456 e. The van der Waals surface area contributed by atoms with Crippen molar-refractivity contribution in [1.29, 1.82) is 0 Å². The summed E-state index contributed by atoms with van der Waals surface area (Å²) >= 11 is 1.46. The first-order valence-electron chi connectivity index (χ1n) is 8.89. The van der Waals surface area contributed by atoms with E-state index in [1.165, 1.54) is 18.7 Å². The Balaban J connectivity index is 1.83. The zero-order valence-corrected chi connectivity index (χ0v) is 16.1. The van der Waals surface area contributed by atoms with Crippen LogP contribution in [0.1, 0.15) is 30.6 Å². The zero-order valence-electron chi connectivity index (χ0n) is 15.2. The molecule has 0 saturated carbocycles. The van der Waals surface area contributed by atoms with Crippen molar-refractivity contribution in [1.82, 2.24) is 0 Å². The molecule has 0 aliphatic carbocycles. The van der Waals surface area contributed by atoms with E-state index in [0.717, 1.165) is 4.90 Å². The van der Waals surface area contributed by atoms with Crippen LogP contribution in [0.2, 0.25) is 0 Å². The van der Waals surface area contributed by atoms with Crippen LogP contribution in [0.5, 0.6) is 0 Å².